The lowest BCUT2D eigenvalue weighted by molar-refractivity contribution is -0.355. The van der Waals surface area contributed by atoms with Crippen molar-refractivity contribution in [2.45, 2.75) is 73.6 Å². The van der Waals surface area contributed by atoms with Crippen molar-refractivity contribution in [3.05, 3.63) is 0 Å². The largest absolute Gasteiger partial charge is 0.479 e. The molecule has 2 rings (SSSR count). The maximum Gasteiger partial charge on any atom is 0.335 e. The first kappa shape index (κ1) is 29.5. The Morgan fingerprint density at radius 2 is 1.18 bits per heavy atom. The van der Waals surface area contributed by atoms with Crippen LogP contribution in [-0.2, 0) is 23.8 Å². The van der Waals surface area contributed by atoms with Gasteiger partial charge in [-0.15, -0.1) is 0 Å². The van der Waals surface area contributed by atoms with Crippen LogP contribution in [0.4, 0.5) is 0 Å². The van der Waals surface area contributed by atoms with Crippen molar-refractivity contribution < 1.29 is 85.1 Å². The predicted octanol–water partition coefficient (Wildman–Crippen LogP) is -7.52. The molecule has 17 nitrogen and oxygen atoms in total. The molecule has 2 unspecified atom stereocenters. The Labute approximate surface area is 184 Å². The highest BCUT2D eigenvalue weighted by Crippen LogP contribution is 2.28. The van der Waals surface area contributed by atoms with Gasteiger partial charge in [0, 0.05) is 0 Å². The van der Waals surface area contributed by atoms with Gasteiger partial charge in [-0.3, -0.25) is 0 Å². The van der Waals surface area contributed by atoms with Crippen molar-refractivity contribution in [1.82, 2.24) is 0 Å². The van der Waals surface area contributed by atoms with Crippen LogP contribution in [0.25, 0.3) is 0 Å². The Hall–Kier alpha value is -1.58. The van der Waals surface area contributed by atoms with Gasteiger partial charge in [0.15, 0.2) is 24.8 Å². The van der Waals surface area contributed by atoms with Crippen LogP contribution in [0.15, 0.2) is 0 Å². The molecule has 0 amide bonds. The quantitative estimate of drug-likeness (QED) is 0.157. The summed E-state index contributed by atoms with van der Waals surface area (Å²) in [6.45, 7) is -1.35. The number of aliphatic hydroxyl groups is 10. The van der Waals surface area contributed by atoms with Gasteiger partial charge >= 0.3 is 11.9 Å². The van der Waals surface area contributed by atoms with Gasteiger partial charge in [-0.25, -0.2) is 9.59 Å². The van der Waals surface area contributed by atoms with E-state index >= 15 is 0 Å². The number of hydrogen-bond acceptors (Lipinski definition) is 15. The summed E-state index contributed by atoms with van der Waals surface area (Å²) in [5, 5.41) is 109. The van der Waals surface area contributed by atoms with Crippen molar-refractivity contribution in [2.24, 2.45) is 0 Å². The molecule has 0 aromatic rings. The number of aliphatic hydroxyl groups excluding tert-OH is 10. The maximum atomic E-state index is 9.94. The fraction of sp³-hybridized carbons (Fsp3) is 0.875. The van der Waals surface area contributed by atoms with Crippen LogP contribution in [0.2, 0.25) is 0 Å². The normalized spacial score (nSPS) is 40.8. The zero-order chi connectivity index (χ0) is 25.6. The van der Waals surface area contributed by atoms with Gasteiger partial charge in [-0.05, 0) is 0 Å². The molecule has 0 radical (unpaired) electrons. The van der Waals surface area contributed by atoms with E-state index < -0.39 is 98.8 Å². The van der Waals surface area contributed by atoms with E-state index in [4.69, 9.17) is 39.7 Å². The van der Waals surface area contributed by atoms with Crippen molar-refractivity contribution in [2.75, 3.05) is 13.2 Å². The second-order valence-electron chi connectivity index (χ2n) is 7.09. The molecule has 2 aliphatic rings. The maximum absolute atomic E-state index is 9.94. The molecule has 0 aliphatic carbocycles. The van der Waals surface area contributed by atoms with E-state index in [0.717, 1.165) is 0 Å². The summed E-state index contributed by atoms with van der Waals surface area (Å²) >= 11 is 0. The third-order valence-corrected chi connectivity index (χ3v) is 4.78. The molecule has 17 heteroatoms. The fourth-order valence-electron chi connectivity index (χ4n) is 2.84. The molecule has 2 saturated heterocycles. The van der Waals surface area contributed by atoms with Gasteiger partial charge in [-0.2, -0.15) is 0 Å². The van der Waals surface area contributed by atoms with E-state index in [1.807, 2.05) is 0 Å². The van der Waals surface area contributed by atoms with E-state index in [9.17, 15) is 45.3 Å². The van der Waals surface area contributed by atoms with Crippen LogP contribution >= 0.6 is 0 Å². The fourth-order valence-corrected chi connectivity index (χ4v) is 2.84. The molecular formula is C16H28O17. The van der Waals surface area contributed by atoms with Gasteiger partial charge in [-0.1, -0.05) is 0 Å². The zero-order valence-electron chi connectivity index (χ0n) is 16.8. The smallest absolute Gasteiger partial charge is 0.335 e. The van der Waals surface area contributed by atoms with E-state index in [-0.39, 0.29) is 0 Å². The summed E-state index contributed by atoms with van der Waals surface area (Å²) in [7, 11) is 0. The Morgan fingerprint density at radius 1 is 0.697 bits per heavy atom. The summed E-state index contributed by atoms with van der Waals surface area (Å²) < 4.78 is 15.3. The Balaban J connectivity index is 0.000000461. The molecule has 2 fully saturated rings. The van der Waals surface area contributed by atoms with E-state index in [0.29, 0.717) is 0 Å². The number of ether oxygens (including phenoxy) is 3. The molecule has 0 aromatic carbocycles. The van der Waals surface area contributed by atoms with Gasteiger partial charge in [0.25, 0.3) is 0 Å². The number of aliphatic carboxylic acids is 2. The second kappa shape index (κ2) is 12.8. The number of carbonyl (C=O) groups is 2. The lowest BCUT2D eigenvalue weighted by atomic mass is 9.97. The molecule has 33 heavy (non-hydrogen) atoms. The highest BCUT2D eigenvalue weighted by Gasteiger charge is 2.50. The number of hydrogen-bond donors (Lipinski definition) is 12. The van der Waals surface area contributed by atoms with Crippen LogP contribution < -0.4 is 0 Å². The minimum Gasteiger partial charge on any atom is -0.479 e. The van der Waals surface area contributed by atoms with E-state index in [1.165, 1.54) is 0 Å². The SMILES string of the molecule is O=C(O)C(O)C(O)C(=O)O.OC[C@H]1O[C@@H](O[C@H]2[C@H](O)[C@@H](O)[C@H](O)O[C@@H]2CO)[C@H](O)[C@@H](O)[C@H]1O. The highest BCUT2D eigenvalue weighted by molar-refractivity contribution is 5.83. The minimum atomic E-state index is -2.27. The summed E-state index contributed by atoms with van der Waals surface area (Å²) in [4.78, 5) is 19.5. The summed E-state index contributed by atoms with van der Waals surface area (Å²) in [5.74, 6) is -3.54. The predicted molar refractivity (Wildman–Crippen MR) is 95.9 cm³/mol. The molecule has 0 bridgehead atoms. The lowest BCUT2D eigenvalue weighted by Gasteiger charge is -2.45. The van der Waals surface area contributed by atoms with Gasteiger partial charge < -0.3 is 75.5 Å². The van der Waals surface area contributed by atoms with Gasteiger partial charge in [0.1, 0.15) is 48.8 Å². The number of carboxylic acids is 2. The van der Waals surface area contributed by atoms with Crippen LogP contribution in [-0.4, -0.2) is 160 Å². The third kappa shape index (κ3) is 7.20. The molecule has 2 aliphatic heterocycles. The Kier molecular flexibility index (Phi) is 11.4. The first-order valence-corrected chi connectivity index (χ1v) is 9.36. The first-order valence-electron chi connectivity index (χ1n) is 9.36. The van der Waals surface area contributed by atoms with Crippen molar-refractivity contribution in [3.8, 4) is 0 Å². The van der Waals surface area contributed by atoms with Crippen LogP contribution in [0, 0.1) is 0 Å². The Bertz CT molecular complexity index is 610. The molecule has 194 valence electrons. The molecule has 12 N–H and O–H groups in total. The number of rotatable bonds is 7. The standard InChI is InChI=1S/C12H22O11.C4H6O6/c13-1-3-5(15)6(16)9(19)12(22-3)23-10-4(2-14)21-11(20)8(18)7(10)17;5-1(3(7)8)2(6)4(9)10/h3-20H,1-2H2;1-2,5-6H,(H,7,8)(H,9,10)/t3-,4-,5+,6+,7-,8-,9-,10-,11-,12+;/m1./s1. The molecular weight excluding hydrogens is 464 g/mol. The van der Waals surface area contributed by atoms with E-state index in [2.05, 4.69) is 0 Å². The first-order chi connectivity index (χ1) is 15.3. The summed E-state index contributed by atoms with van der Waals surface area (Å²) in [6, 6.07) is 0. The molecule has 12 atom stereocenters. The van der Waals surface area contributed by atoms with Gasteiger partial charge in [0.05, 0.1) is 13.2 Å². The molecule has 0 aromatic heterocycles. The lowest BCUT2D eigenvalue weighted by Crippen LogP contribution is -2.64. The van der Waals surface area contributed by atoms with Crippen molar-refractivity contribution in [3.63, 3.8) is 0 Å². The van der Waals surface area contributed by atoms with Crippen molar-refractivity contribution >= 4 is 11.9 Å². The number of carboxylic acid groups (broad SMARTS) is 2. The van der Waals surface area contributed by atoms with Crippen LogP contribution in [0.3, 0.4) is 0 Å². The average Bonchev–Trinajstić information content (AvgIpc) is 2.78. The van der Waals surface area contributed by atoms with Crippen LogP contribution in [0.1, 0.15) is 0 Å². The Morgan fingerprint density at radius 3 is 1.61 bits per heavy atom. The molecule has 0 saturated carbocycles. The zero-order valence-corrected chi connectivity index (χ0v) is 16.8. The second-order valence-corrected chi connectivity index (χ2v) is 7.09. The minimum absolute atomic E-state index is 0.667. The molecule has 2 heterocycles. The summed E-state index contributed by atoms with van der Waals surface area (Å²) in [5.41, 5.74) is 0. The topological polar surface area (TPSA) is 305 Å². The van der Waals surface area contributed by atoms with Gasteiger partial charge in [0.2, 0.25) is 0 Å². The monoisotopic (exact) mass is 492 g/mol. The summed E-state index contributed by atoms with van der Waals surface area (Å²) in [6.07, 6.45) is -20.1. The van der Waals surface area contributed by atoms with Crippen molar-refractivity contribution in [1.29, 1.82) is 0 Å². The average molecular weight is 492 g/mol. The molecule has 0 spiro atoms. The van der Waals surface area contributed by atoms with Crippen LogP contribution in [0.5, 0.6) is 0 Å². The van der Waals surface area contributed by atoms with E-state index in [1.54, 1.807) is 0 Å². The third-order valence-electron chi connectivity index (χ3n) is 4.78. The highest BCUT2D eigenvalue weighted by atomic mass is 16.7.